The van der Waals surface area contributed by atoms with Crippen LogP contribution in [0.4, 0.5) is 0 Å². The molecule has 0 aliphatic carbocycles. The molecule has 0 aromatic rings. The molecule has 22 heavy (non-hydrogen) atoms. The summed E-state index contributed by atoms with van der Waals surface area (Å²) in [7, 11) is 0. The lowest BCUT2D eigenvalue weighted by molar-refractivity contribution is -0.294. The lowest BCUT2D eigenvalue weighted by Gasteiger charge is -2.45. The van der Waals surface area contributed by atoms with E-state index in [1.54, 1.807) is 13.0 Å². The molecule has 1 rings (SSSR count). The standard InChI is InChI=1S/C17H30O5/c1-5-9-15(18)19-12-8-10-16(4)14-17(20-6-2,21-7-3)11-13-22-16/h5,9H,6-8,10-14H2,1-4H3. The summed E-state index contributed by atoms with van der Waals surface area (Å²) in [4.78, 5) is 11.3. The molecule has 1 aliphatic rings. The highest BCUT2D eigenvalue weighted by atomic mass is 16.7. The quantitative estimate of drug-likeness (QED) is 0.283. The van der Waals surface area contributed by atoms with Gasteiger partial charge in [0.15, 0.2) is 5.79 Å². The Morgan fingerprint density at radius 3 is 2.55 bits per heavy atom. The van der Waals surface area contributed by atoms with Gasteiger partial charge in [-0.2, -0.15) is 0 Å². The van der Waals surface area contributed by atoms with E-state index in [-0.39, 0.29) is 11.6 Å². The molecule has 1 saturated heterocycles. The van der Waals surface area contributed by atoms with E-state index in [1.807, 2.05) is 13.8 Å². The molecule has 1 aliphatic heterocycles. The normalized spacial score (nSPS) is 24.5. The number of hydrogen-bond donors (Lipinski definition) is 0. The number of hydrogen-bond acceptors (Lipinski definition) is 5. The summed E-state index contributed by atoms with van der Waals surface area (Å²) < 4.78 is 22.8. The Balaban J connectivity index is 2.48. The largest absolute Gasteiger partial charge is 0.463 e. The zero-order valence-corrected chi connectivity index (χ0v) is 14.4. The second-order valence-corrected chi connectivity index (χ2v) is 5.77. The highest BCUT2D eigenvalue weighted by Gasteiger charge is 2.44. The molecule has 0 saturated carbocycles. The summed E-state index contributed by atoms with van der Waals surface area (Å²) in [5.41, 5.74) is -0.310. The minimum Gasteiger partial charge on any atom is -0.463 e. The van der Waals surface area contributed by atoms with Crippen molar-refractivity contribution in [2.24, 2.45) is 0 Å². The van der Waals surface area contributed by atoms with Crippen molar-refractivity contribution in [3.8, 4) is 0 Å². The van der Waals surface area contributed by atoms with Crippen molar-refractivity contribution in [1.82, 2.24) is 0 Å². The van der Waals surface area contributed by atoms with E-state index in [2.05, 4.69) is 6.92 Å². The Kier molecular flexibility index (Phi) is 8.07. The van der Waals surface area contributed by atoms with Gasteiger partial charge in [0, 0.05) is 32.1 Å². The summed E-state index contributed by atoms with van der Waals surface area (Å²) in [5, 5.41) is 0. The maximum absolute atomic E-state index is 11.3. The fourth-order valence-electron chi connectivity index (χ4n) is 2.94. The van der Waals surface area contributed by atoms with Crippen LogP contribution in [0.3, 0.4) is 0 Å². The molecule has 1 fully saturated rings. The zero-order valence-electron chi connectivity index (χ0n) is 14.4. The third-order valence-electron chi connectivity index (χ3n) is 3.79. The van der Waals surface area contributed by atoms with Crippen molar-refractivity contribution in [2.75, 3.05) is 26.4 Å². The monoisotopic (exact) mass is 314 g/mol. The predicted octanol–water partition coefficient (Wildman–Crippen LogP) is 3.22. The number of ether oxygens (including phenoxy) is 4. The average Bonchev–Trinajstić information content (AvgIpc) is 2.44. The van der Waals surface area contributed by atoms with Crippen molar-refractivity contribution in [2.45, 2.75) is 64.8 Å². The molecule has 0 radical (unpaired) electrons. The fourth-order valence-corrected chi connectivity index (χ4v) is 2.94. The third-order valence-corrected chi connectivity index (χ3v) is 3.79. The van der Waals surface area contributed by atoms with Crippen LogP contribution in [0.15, 0.2) is 12.2 Å². The summed E-state index contributed by atoms with van der Waals surface area (Å²) >= 11 is 0. The smallest absolute Gasteiger partial charge is 0.330 e. The van der Waals surface area contributed by atoms with Crippen molar-refractivity contribution >= 4 is 5.97 Å². The van der Waals surface area contributed by atoms with Gasteiger partial charge >= 0.3 is 5.97 Å². The van der Waals surface area contributed by atoms with E-state index >= 15 is 0 Å². The molecule has 0 aromatic heterocycles. The van der Waals surface area contributed by atoms with E-state index < -0.39 is 5.79 Å². The molecule has 5 nitrogen and oxygen atoms in total. The highest BCUT2D eigenvalue weighted by Crippen LogP contribution is 2.38. The van der Waals surface area contributed by atoms with E-state index in [4.69, 9.17) is 18.9 Å². The maximum Gasteiger partial charge on any atom is 0.330 e. The zero-order chi connectivity index (χ0) is 16.5. The van der Waals surface area contributed by atoms with Gasteiger partial charge in [0.2, 0.25) is 0 Å². The molecule has 0 N–H and O–H groups in total. The lowest BCUT2D eigenvalue weighted by atomic mass is 9.87. The summed E-state index contributed by atoms with van der Waals surface area (Å²) in [6, 6.07) is 0. The first kappa shape index (κ1) is 19.1. The first-order chi connectivity index (χ1) is 10.5. The van der Waals surface area contributed by atoms with Crippen LogP contribution < -0.4 is 0 Å². The van der Waals surface area contributed by atoms with E-state index in [1.165, 1.54) is 6.08 Å². The molecule has 128 valence electrons. The van der Waals surface area contributed by atoms with Gasteiger partial charge in [0.25, 0.3) is 0 Å². The van der Waals surface area contributed by atoms with Crippen molar-refractivity contribution in [3.05, 3.63) is 12.2 Å². The van der Waals surface area contributed by atoms with Crippen LogP contribution >= 0.6 is 0 Å². The van der Waals surface area contributed by atoms with Gasteiger partial charge in [-0.25, -0.2) is 4.79 Å². The number of carbonyl (C=O) groups excluding carboxylic acids is 1. The average molecular weight is 314 g/mol. The summed E-state index contributed by atoms with van der Waals surface area (Å²) in [6.45, 7) is 10.1. The topological polar surface area (TPSA) is 54.0 Å². The van der Waals surface area contributed by atoms with Gasteiger partial charge in [0.1, 0.15) is 0 Å². The van der Waals surface area contributed by atoms with E-state index in [0.29, 0.717) is 32.8 Å². The van der Waals surface area contributed by atoms with Gasteiger partial charge in [-0.3, -0.25) is 0 Å². The van der Waals surface area contributed by atoms with Crippen LogP contribution in [0, 0.1) is 0 Å². The Hall–Kier alpha value is -0.910. The molecule has 1 unspecified atom stereocenters. The lowest BCUT2D eigenvalue weighted by Crippen LogP contribution is -2.50. The Morgan fingerprint density at radius 1 is 1.27 bits per heavy atom. The molecular weight excluding hydrogens is 284 g/mol. The molecule has 0 bridgehead atoms. The Labute approximate surface area is 133 Å². The first-order valence-electron chi connectivity index (χ1n) is 8.20. The van der Waals surface area contributed by atoms with Crippen LogP contribution in [-0.2, 0) is 23.7 Å². The van der Waals surface area contributed by atoms with Crippen LogP contribution in [0.2, 0.25) is 0 Å². The number of esters is 1. The fraction of sp³-hybridized carbons (Fsp3) is 0.824. The molecule has 5 heteroatoms. The molecular formula is C17H30O5. The summed E-state index contributed by atoms with van der Waals surface area (Å²) in [5.74, 6) is -0.840. The van der Waals surface area contributed by atoms with Crippen molar-refractivity contribution in [3.63, 3.8) is 0 Å². The van der Waals surface area contributed by atoms with Gasteiger partial charge in [0.05, 0.1) is 18.8 Å². The molecule has 0 amide bonds. The first-order valence-corrected chi connectivity index (χ1v) is 8.20. The Morgan fingerprint density at radius 2 is 1.95 bits per heavy atom. The number of rotatable bonds is 9. The van der Waals surface area contributed by atoms with E-state index in [0.717, 1.165) is 19.3 Å². The van der Waals surface area contributed by atoms with Gasteiger partial charge in [-0.1, -0.05) is 6.08 Å². The van der Waals surface area contributed by atoms with Gasteiger partial charge in [-0.15, -0.1) is 0 Å². The Bertz CT molecular complexity index is 355. The van der Waals surface area contributed by atoms with Crippen LogP contribution in [0.1, 0.15) is 53.4 Å². The predicted molar refractivity (Wildman–Crippen MR) is 84.6 cm³/mol. The minimum atomic E-state index is -0.544. The van der Waals surface area contributed by atoms with Crippen molar-refractivity contribution in [1.29, 1.82) is 0 Å². The number of allylic oxidation sites excluding steroid dienone is 1. The second kappa shape index (κ2) is 9.28. The third kappa shape index (κ3) is 6.07. The minimum absolute atomic E-state index is 0.296. The van der Waals surface area contributed by atoms with Crippen molar-refractivity contribution < 1.29 is 23.7 Å². The van der Waals surface area contributed by atoms with Gasteiger partial charge < -0.3 is 18.9 Å². The van der Waals surface area contributed by atoms with Gasteiger partial charge in [-0.05, 0) is 40.5 Å². The van der Waals surface area contributed by atoms with Crippen LogP contribution in [-0.4, -0.2) is 43.8 Å². The molecule has 0 aromatic carbocycles. The molecule has 1 atom stereocenters. The SMILES string of the molecule is CC=CC(=O)OCCCC1(C)CC(OCC)(OCC)CCO1. The van der Waals surface area contributed by atoms with Crippen LogP contribution in [0.5, 0.6) is 0 Å². The maximum atomic E-state index is 11.3. The molecule has 0 spiro atoms. The summed E-state index contributed by atoms with van der Waals surface area (Å²) in [6.07, 6.45) is 6.11. The highest BCUT2D eigenvalue weighted by molar-refractivity contribution is 5.81. The second-order valence-electron chi connectivity index (χ2n) is 5.77. The van der Waals surface area contributed by atoms with Crippen LogP contribution in [0.25, 0.3) is 0 Å². The number of carbonyl (C=O) groups is 1. The molecule has 1 heterocycles. The van der Waals surface area contributed by atoms with E-state index in [9.17, 15) is 4.79 Å².